The van der Waals surface area contributed by atoms with Gasteiger partial charge in [0.05, 0.1) is 18.5 Å². The van der Waals surface area contributed by atoms with Crippen LogP contribution in [0, 0.1) is 0 Å². The fraction of sp³-hybridized carbons (Fsp3) is 0.238. The Morgan fingerprint density at radius 2 is 1.69 bits per heavy atom. The van der Waals surface area contributed by atoms with Crippen LogP contribution in [0.25, 0.3) is 5.69 Å². The minimum Gasteiger partial charge on any atom is -0.392 e. The van der Waals surface area contributed by atoms with Crippen LogP contribution in [0.3, 0.4) is 0 Å². The van der Waals surface area contributed by atoms with Gasteiger partial charge in [-0.1, -0.05) is 42.5 Å². The van der Waals surface area contributed by atoms with E-state index in [1.165, 1.54) is 0 Å². The number of aromatic nitrogens is 2. The van der Waals surface area contributed by atoms with E-state index in [9.17, 15) is 4.79 Å². The van der Waals surface area contributed by atoms with E-state index in [0.29, 0.717) is 19.4 Å². The van der Waals surface area contributed by atoms with Gasteiger partial charge in [-0.05, 0) is 41.7 Å². The quantitative estimate of drug-likeness (QED) is 0.657. The molecule has 0 saturated carbocycles. The van der Waals surface area contributed by atoms with Crippen molar-refractivity contribution in [2.24, 2.45) is 0 Å². The van der Waals surface area contributed by atoms with Crippen molar-refractivity contribution >= 4 is 5.91 Å². The molecule has 0 saturated heterocycles. The Kier molecular flexibility index (Phi) is 6.17. The number of aryl methyl sites for hydroxylation is 1. The van der Waals surface area contributed by atoms with Gasteiger partial charge in [0.15, 0.2) is 0 Å². The highest BCUT2D eigenvalue weighted by atomic mass is 16.3. The van der Waals surface area contributed by atoms with Crippen molar-refractivity contribution < 1.29 is 9.90 Å². The molecule has 1 heterocycles. The molecule has 26 heavy (non-hydrogen) atoms. The van der Waals surface area contributed by atoms with Crippen LogP contribution in [0.1, 0.15) is 23.1 Å². The minimum atomic E-state index is 0.0458. The molecule has 5 nitrogen and oxygen atoms in total. The number of rotatable bonds is 8. The zero-order valence-corrected chi connectivity index (χ0v) is 14.6. The molecule has 0 aliphatic carbocycles. The second-order valence-corrected chi connectivity index (χ2v) is 6.20. The van der Waals surface area contributed by atoms with Crippen molar-refractivity contribution in [2.75, 3.05) is 6.54 Å². The Bertz CT molecular complexity index is 826. The SMILES string of the molecule is O=C(CCc1cnn(-c2ccccc2)c1)NCCc1ccc(CO)cc1. The van der Waals surface area contributed by atoms with Crippen LogP contribution in [-0.2, 0) is 24.2 Å². The molecule has 0 aliphatic heterocycles. The third-order valence-electron chi connectivity index (χ3n) is 4.24. The molecule has 0 bridgehead atoms. The van der Waals surface area contributed by atoms with Gasteiger partial charge in [-0.25, -0.2) is 4.68 Å². The maximum Gasteiger partial charge on any atom is 0.220 e. The van der Waals surface area contributed by atoms with Crippen molar-refractivity contribution in [1.29, 1.82) is 0 Å². The number of hydrogen-bond donors (Lipinski definition) is 2. The van der Waals surface area contributed by atoms with E-state index < -0.39 is 0 Å². The Hall–Kier alpha value is -2.92. The molecule has 0 fully saturated rings. The summed E-state index contributed by atoms with van der Waals surface area (Å²) in [7, 11) is 0. The lowest BCUT2D eigenvalue weighted by molar-refractivity contribution is -0.121. The summed E-state index contributed by atoms with van der Waals surface area (Å²) in [6.45, 7) is 0.665. The molecule has 5 heteroatoms. The maximum absolute atomic E-state index is 12.0. The fourth-order valence-electron chi connectivity index (χ4n) is 2.71. The number of amides is 1. The van der Waals surface area contributed by atoms with Crippen LogP contribution in [0.2, 0.25) is 0 Å². The van der Waals surface area contributed by atoms with Crippen LogP contribution < -0.4 is 5.32 Å². The van der Waals surface area contributed by atoms with E-state index in [-0.39, 0.29) is 12.5 Å². The van der Waals surface area contributed by atoms with Gasteiger partial charge in [0.25, 0.3) is 0 Å². The van der Waals surface area contributed by atoms with Crippen LogP contribution in [0.15, 0.2) is 67.0 Å². The average molecular weight is 349 g/mol. The lowest BCUT2D eigenvalue weighted by Gasteiger charge is -2.05. The van der Waals surface area contributed by atoms with Gasteiger partial charge in [0.1, 0.15) is 0 Å². The molecule has 0 aliphatic rings. The van der Waals surface area contributed by atoms with Gasteiger partial charge in [0.2, 0.25) is 5.91 Å². The predicted molar refractivity (Wildman–Crippen MR) is 101 cm³/mol. The summed E-state index contributed by atoms with van der Waals surface area (Å²) in [5.74, 6) is 0.0458. The molecule has 0 radical (unpaired) electrons. The van der Waals surface area contributed by atoms with Crippen molar-refractivity contribution in [3.05, 3.63) is 83.7 Å². The van der Waals surface area contributed by atoms with E-state index >= 15 is 0 Å². The molecule has 2 aromatic carbocycles. The van der Waals surface area contributed by atoms with Crippen molar-refractivity contribution in [3.63, 3.8) is 0 Å². The number of benzene rings is 2. The van der Waals surface area contributed by atoms with Crippen LogP contribution in [-0.4, -0.2) is 27.3 Å². The van der Waals surface area contributed by atoms with Gasteiger partial charge in [-0.3, -0.25) is 4.79 Å². The smallest absolute Gasteiger partial charge is 0.220 e. The molecule has 0 unspecified atom stereocenters. The summed E-state index contributed by atoms with van der Waals surface area (Å²) in [5, 5.41) is 16.3. The second-order valence-electron chi connectivity index (χ2n) is 6.20. The van der Waals surface area contributed by atoms with E-state index in [1.54, 1.807) is 0 Å². The van der Waals surface area contributed by atoms with Crippen molar-refractivity contribution in [2.45, 2.75) is 25.9 Å². The summed E-state index contributed by atoms with van der Waals surface area (Å²) < 4.78 is 1.82. The van der Waals surface area contributed by atoms with E-state index in [0.717, 1.165) is 28.8 Å². The number of aliphatic hydroxyl groups is 1. The monoisotopic (exact) mass is 349 g/mol. The molecule has 3 aromatic rings. The standard InChI is InChI=1S/C21H23N3O2/c25-16-18-8-6-17(7-9-18)12-13-22-21(26)11-10-19-14-23-24(15-19)20-4-2-1-3-5-20/h1-9,14-15,25H,10-13,16H2,(H,22,26). The number of nitrogens with zero attached hydrogens (tertiary/aromatic N) is 2. The van der Waals surface area contributed by atoms with E-state index in [1.807, 2.05) is 71.7 Å². The zero-order chi connectivity index (χ0) is 18.2. The molecule has 1 amide bonds. The first-order valence-electron chi connectivity index (χ1n) is 8.79. The topological polar surface area (TPSA) is 67.2 Å². The highest BCUT2D eigenvalue weighted by Gasteiger charge is 2.05. The normalized spacial score (nSPS) is 10.7. The highest BCUT2D eigenvalue weighted by molar-refractivity contribution is 5.76. The van der Waals surface area contributed by atoms with Gasteiger partial charge >= 0.3 is 0 Å². The molecular weight excluding hydrogens is 326 g/mol. The van der Waals surface area contributed by atoms with Gasteiger partial charge in [-0.15, -0.1) is 0 Å². The molecular formula is C21H23N3O2. The van der Waals surface area contributed by atoms with E-state index in [4.69, 9.17) is 5.11 Å². The highest BCUT2D eigenvalue weighted by Crippen LogP contribution is 2.09. The summed E-state index contributed by atoms with van der Waals surface area (Å²) in [4.78, 5) is 12.0. The van der Waals surface area contributed by atoms with Crippen LogP contribution in [0.5, 0.6) is 0 Å². The number of hydrogen-bond acceptors (Lipinski definition) is 3. The molecule has 1 aromatic heterocycles. The predicted octanol–water partition coefficient (Wildman–Crippen LogP) is 2.66. The molecule has 0 atom stereocenters. The first-order chi connectivity index (χ1) is 12.7. The van der Waals surface area contributed by atoms with Crippen molar-refractivity contribution in [1.82, 2.24) is 15.1 Å². The minimum absolute atomic E-state index is 0.0458. The number of carbonyl (C=O) groups excluding carboxylic acids is 1. The van der Waals surface area contributed by atoms with Gasteiger partial charge in [0, 0.05) is 19.2 Å². The largest absolute Gasteiger partial charge is 0.392 e. The maximum atomic E-state index is 12.0. The fourth-order valence-corrected chi connectivity index (χ4v) is 2.71. The lowest BCUT2D eigenvalue weighted by atomic mass is 10.1. The summed E-state index contributed by atoms with van der Waals surface area (Å²) >= 11 is 0. The second kappa shape index (κ2) is 8.97. The number of aliphatic hydroxyl groups excluding tert-OH is 1. The summed E-state index contributed by atoms with van der Waals surface area (Å²) in [5.41, 5.74) is 4.10. The Morgan fingerprint density at radius 1 is 0.962 bits per heavy atom. The first-order valence-corrected chi connectivity index (χ1v) is 8.79. The average Bonchev–Trinajstić information content (AvgIpc) is 3.17. The summed E-state index contributed by atoms with van der Waals surface area (Å²) in [6.07, 6.45) is 5.67. The lowest BCUT2D eigenvalue weighted by Crippen LogP contribution is -2.25. The van der Waals surface area contributed by atoms with Gasteiger partial charge in [-0.2, -0.15) is 5.10 Å². The molecule has 3 rings (SSSR count). The summed E-state index contributed by atoms with van der Waals surface area (Å²) in [6, 6.07) is 17.7. The van der Waals surface area contributed by atoms with Crippen LogP contribution >= 0.6 is 0 Å². The Labute approximate surface area is 153 Å². The van der Waals surface area contributed by atoms with Crippen LogP contribution in [0.4, 0.5) is 0 Å². The van der Waals surface area contributed by atoms with Gasteiger partial charge < -0.3 is 10.4 Å². The number of para-hydroxylation sites is 1. The zero-order valence-electron chi connectivity index (χ0n) is 14.6. The first kappa shape index (κ1) is 17.9. The molecule has 134 valence electrons. The molecule has 0 spiro atoms. The molecule has 2 N–H and O–H groups in total. The number of nitrogens with one attached hydrogen (secondary N) is 1. The van der Waals surface area contributed by atoms with Crippen molar-refractivity contribution in [3.8, 4) is 5.69 Å². The Morgan fingerprint density at radius 3 is 2.42 bits per heavy atom. The van der Waals surface area contributed by atoms with E-state index in [2.05, 4.69) is 10.4 Å². The third kappa shape index (κ3) is 5.04. The Balaban J connectivity index is 1.40. The number of carbonyl (C=O) groups is 1. The third-order valence-corrected chi connectivity index (χ3v) is 4.24.